The normalized spacial score (nSPS) is 27.6. The van der Waals surface area contributed by atoms with Crippen LogP contribution in [-0.4, -0.2) is 36.4 Å². The second-order valence-corrected chi connectivity index (χ2v) is 6.01. The van der Waals surface area contributed by atoms with Crippen molar-refractivity contribution in [2.45, 2.75) is 38.1 Å². The second-order valence-electron chi connectivity index (χ2n) is 6.01. The summed E-state index contributed by atoms with van der Waals surface area (Å²) in [4.78, 5) is 22.1. The van der Waals surface area contributed by atoms with Gasteiger partial charge < -0.3 is 20.9 Å². The van der Waals surface area contributed by atoms with Crippen LogP contribution in [0, 0.1) is 17.8 Å². The maximum atomic E-state index is 11.5. The van der Waals surface area contributed by atoms with Crippen LogP contribution in [0.5, 0.6) is 0 Å². The van der Waals surface area contributed by atoms with Crippen LogP contribution in [0.4, 0.5) is 4.79 Å². The lowest BCUT2D eigenvalue weighted by atomic mass is 9.95. The highest BCUT2D eigenvalue weighted by molar-refractivity contribution is 5.72. The molecule has 1 saturated carbocycles. The van der Waals surface area contributed by atoms with Gasteiger partial charge in [0.25, 0.3) is 0 Å². The van der Waals surface area contributed by atoms with Crippen molar-refractivity contribution in [3.63, 3.8) is 0 Å². The highest BCUT2D eigenvalue weighted by Gasteiger charge is 2.36. The van der Waals surface area contributed by atoms with E-state index >= 15 is 0 Å². The monoisotopic (exact) mass is 296 g/mol. The number of carbonyl (C=O) groups is 2. The Kier molecular flexibility index (Phi) is 5.61. The Morgan fingerprint density at radius 1 is 1.33 bits per heavy atom. The molecule has 0 spiro atoms. The number of aliphatic carboxylic acids is 1. The minimum Gasteiger partial charge on any atom is -0.480 e. The van der Waals surface area contributed by atoms with E-state index < -0.39 is 12.0 Å². The van der Waals surface area contributed by atoms with Crippen LogP contribution >= 0.6 is 0 Å². The molecule has 6 nitrogen and oxygen atoms in total. The average molecular weight is 296 g/mol. The van der Waals surface area contributed by atoms with Gasteiger partial charge in [-0.1, -0.05) is 12.2 Å². The molecule has 4 N–H and O–H groups in total. The molecule has 0 aromatic rings. The Hall–Kier alpha value is -1.56. The van der Waals surface area contributed by atoms with Gasteiger partial charge in [0, 0.05) is 12.5 Å². The van der Waals surface area contributed by atoms with E-state index in [0.29, 0.717) is 50.2 Å². The van der Waals surface area contributed by atoms with Gasteiger partial charge in [0.1, 0.15) is 6.04 Å². The standard InChI is InChI=1S/C15H24N2O4/c16-13(14(18)19)3-1-2-6-17-15(20)21-9-12-8-10-4-5-11(12)7-10/h4-5,10-13H,1-3,6-9,16H2,(H,17,20)(H,18,19)/t10?,11?,12?,13-/m0/s1. The third kappa shape index (κ3) is 4.74. The molecule has 0 aromatic heterocycles. The average Bonchev–Trinajstić information content (AvgIpc) is 3.06. The molecule has 6 heteroatoms. The van der Waals surface area contributed by atoms with Gasteiger partial charge in [0.05, 0.1) is 6.61 Å². The first-order valence-electron chi connectivity index (χ1n) is 7.63. The number of hydrogen-bond acceptors (Lipinski definition) is 4. The van der Waals surface area contributed by atoms with Gasteiger partial charge in [-0.3, -0.25) is 4.79 Å². The summed E-state index contributed by atoms with van der Waals surface area (Å²) in [6.07, 6.45) is 8.25. The summed E-state index contributed by atoms with van der Waals surface area (Å²) < 4.78 is 5.24. The van der Waals surface area contributed by atoms with Crippen LogP contribution in [0.2, 0.25) is 0 Å². The number of carbonyl (C=O) groups excluding carboxylic acids is 1. The molecule has 2 aliphatic carbocycles. The van der Waals surface area contributed by atoms with Gasteiger partial charge in [-0.15, -0.1) is 0 Å². The first kappa shape index (κ1) is 15.8. The zero-order chi connectivity index (χ0) is 15.2. The van der Waals surface area contributed by atoms with Gasteiger partial charge in [-0.05, 0) is 43.9 Å². The minimum atomic E-state index is -0.984. The van der Waals surface area contributed by atoms with Crippen LogP contribution in [0.3, 0.4) is 0 Å². The molecule has 3 unspecified atom stereocenters. The Morgan fingerprint density at radius 2 is 2.14 bits per heavy atom. The van der Waals surface area contributed by atoms with Gasteiger partial charge in [-0.25, -0.2) is 4.79 Å². The van der Waals surface area contributed by atoms with E-state index in [1.807, 2.05) is 0 Å². The first-order chi connectivity index (χ1) is 10.1. The molecule has 2 aliphatic rings. The van der Waals surface area contributed by atoms with Crippen molar-refractivity contribution in [1.82, 2.24) is 5.32 Å². The number of hydrogen-bond donors (Lipinski definition) is 3. The number of nitrogens with two attached hydrogens (primary N) is 1. The SMILES string of the molecule is N[C@@H](CCCCNC(=O)OCC1CC2C=CC1C2)C(=O)O. The first-order valence-corrected chi connectivity index (χ1v) is 7.63. The number of fused-ring (bicyclic) bond motifs is 2. The van der Waals surface area contributed by atoms with E-state index in [4.69, 9.17) is 15.6 Å². The number of unbranched alkanes of at least 4 members (excludes halogenated alkanes) is 1. The number of carboxylic acids is 1. The Bertz CT molecular complexity index is 410. The third-order valence-corrected chi connectivity index (χ3v) is 4.37. The van der Waals surface area contributed by atoms with E-state index in [9.17, 15) is 9.59 Å². The quantitative estimate of drug-likeness (QED) is 0.465. The second kappa shape index (κ2) is 7.45. The Labute approximate surface area is 124 Å². The number of alkyl carbamates (subject to hydrolysis) is 1. The number of allylic oxidation sites excluding steroid dienone is 2. The molecular weight excluding hydrogens is 272 g/mol. The van der Waals surface area contributed by atoms with Crippen molar-refractivity contribution < 1.29 is 19.4 Å². The molecule has 4 atom stereocenters. The lowest BCUT2D eigenvalue weighted by molar-refractivity contribution is -0.138. The molecule has 2 rings (SSSR count). The van der Waals surface area contributed by atoms with E-state index in [1.165, 1.54) is 6.42 Å². The van der Waals surface area contributed by atoms with Gasteiger partial charge in [-0.2, -0.15) is 0 Å². The molecule has 1 amide bonds. The third-order valence-electron chi connectivity index (χ3n) is 4.37. The summed E-state index contributed by atoms with van der Waals surface area (Å²) in [5.74, 6) is 0.756. The highest BCUT2D eigenvalue weighted by atomic mass is 16.5. The number of amides is 1. The van der Waals surface area contributed by atoms with Crippen LogP contribution in [0.1, 0.15) is 32.1 Å². The zero-order valence-electron chi connectivity index (χ0n) is 12.2. The fraction of sp³-hybridized carbons (Fsp3) is 0.733. The molecule has 21 heavy (non-hydrogen) atoms. The summed E-state index contributed by atoms with van der Waals surface area (Å²) in [6.45, 7) is 0.975. The largest absolute Gasteiger partial charge is 0.480 e. The summed E-state index contributed by atoms with van der Waals surface area (Å²) in [7, 11) is 0. The van der Waals surface area contributed by atoms with Crippen LogP contribution in [0.15, 0.2) is 12.2 Å². The van der Waals surface area contributed by atoms with Crippen molar-refractivity contribution in [1.29, 1.82) is 0 Å². The van der Waals surface area contributed by atoms with Crippen LogP contribution in [0.25, 0.3) is 0 Å². The lowest BCUT2D eigenvalue weighted by Crippen LogP contribution is -2.31. The van der Waals surface area contributed by atoms with Crippen LogP contribution < -0.4 is 11.1 Å². The molecule has 1 fully saturated rings. The maximum absolute atomic E-state index is 11.5. The number of carboxylic acid groups (broad SMARTS) is 1. The van der Waals surface area contributed by atoms with Crippen molar-refractivity contribution in [3.8, 4) is 0 Å². The molecule has 0 heterocycles. The zero-order valence-corrected chi connectivity index (χ0v) is 12.2. The summed E-state index contributed by atoms with van der Waals surface area (Å²) >= 11 is 0. The summed E-state index contributed by atoms with van der Waals surface area (Å²) in [5, 5.41) is 11.3. The topological polar surface area (TPSA) is 102 Å². The molecule has 2 bridgehead atoms. The molecule has 0 saturated heterocycles. The van der Waals surface area contributed by atoms with Crippen molar-refractivity contribution in [3.05, 3.63) is 12.2 Å². The van der Waals surface area contributed by atoms with Crippen molar-refractivity contribution in [2.24, 2.45) is 23.5 Å². The van der Waals surface area contributed by atoms with Crippen molar-refractivity contribution in [2.75, 3.05) is 13.2 Å². The van der Waals surface area contributed by atoms with E-state index in [-0.39, 0.29) is 6.09 Å². The Balaban J connectivity index is 1.48. The molecule has 118 valence electrons. The highest BCUT2D eigenvalue weighted by Crippen LogP contribution is 2.43. The van der Waals surface area contributed by atoms with E-state index in [2.05, 4.69) is 17.5 Å². The molecule has 0 radical (unpaired) electrons. The smallest absolute Gasteiger partial charge is 0.407 e. The number of rotatable bonds is 8. The van der Waals surface area contributed by atoms with E-state index in [1.54, 1.807) is 0 Å². The summed E-state index contributed by atoms with van der Waals surface area (Å²) in [6, 6.07) is -0.817. The lowest BCUT2D eigenvalue weighted by Gasteiger charge is -2.17. The van der Waals surface area contributed by atoms with Crippen molar-refractivity contribution >= 4 is 12.1 Å². The number of ether oxygens (including phenoxy) is 1. The van der Waals surface area contributed by atoms with Gasteiger partial charge in [0.2, 0.25) is 0 Å². The van der Waals surface area contributed by atoms with Gasteiger partial charge in [0.15, 0.2) is 0 Å². The van der Waals surface area contributed by atoms with Gasteiger partial charge >= 0.3 is 12.1 Å². The molecule has 0 aromatic carbocycles. The summed E-state index contributed by atoms with van der Waals surface area (Å²) in [5.41, 5.74) is 5.39. The van der Waals surface area contributed by atoms with E-state index in [0.717, 1.165) is 6.42 Å². The Morgan fingerprint density at radius 3 is 2.76 bits per heavy atom. The van der Waals surface area contributed by atoms with Crippen LogP contribution in [-0.2, 0) is 9.53 Å². The fourth-order valence-corrected chi connectivity index (χ4v) is 3.12. The fourth-order valence-electron chi connectivity index (χ4n) is 3.12. The predicted molar refractivity (Wildman–Crippen MR) is 77.7 cm³/mol. The number of nitrogens with one attached hydrogen (secondary N) is 1. The predicted octanol–water partition coefficient (Wildman–Crippen LogP) is 1.51. The molecular formula is C15H24N2O4. The minimum absolute atomic E-state index is 0.385. The molecule has 0 aliphatic heterocycles. The maximum Gasteiger partial charge on any atom is 0.407 e.